The van der Waals surface area contributed by atoms with Gasteiger partial charge < -0.3 is 4.55 Å². The summed E-state index contributed by atoms with van der Waals surface area (Å²) in [6.45, 7) is 1.63. The van der Waals surface area contributed by atoms with Gasteiger partial charge in [-0.25, -0.2) is 8.42 Å². The van der Waals surface area contributed by atoms with E-state index in [0.717, 1.165) is 6.07 Å². The largest absolute Gasteiger partial charge is 0.744 e. The van der Waals surface area contributed by atoms with Gasteiger partial charge >= 0.3 is 23.9 Å². The molecule has 0 amide bonds. The summed E-state index contributed by atoms with van der Waals surface area (Å²) in [5.41, 5.74) is 0.816. The van der Waals surface area contributed by atoms with Crippen LogP contribution in [0.2, 0.25) is 0 Å². The van der Waals surface area contributed by atoms with Gasteiger partial charge in [0.15, 0.2) is 0 Å². The lowest BCUT2D eigenvalue weighted by Gasteiger charge is -2.33. The molecule has 0 aromatic heterocycles. The van der Waals surface area contributed by atoms with E-state index >= 15 is 0 Å². The highest BCUT2D eigenvalue weighted by Gasteiger charge is 2.81. The van der Waals surface area contributed by atoms with E-state index in [1.165, 1.54) is 12.1 Å². The topological polar surface area (TPSA) is 57.2 Å². The highest BCUT2D eigenvalue weighted by Crippen LogP contribution is 2.54. The maximum absolute atomic E-state index is 13.4. The maximum atomic E-state index is 13.4. The molecule has 1 rings (SSSR count). The number of benzene rings is 1. The molecule has 1 aromatic rings. The van der Waals surface area contributed by atoms with Crippen molar-refractivity contribution in [2.45, 2.75) is 74.3 Å². The fourth-order valence-corrected chi connectivity index (χ4v) is 3.45. The van der Waals surface area contributed by atoms with Gasteiger partial charge in [0.2, 0.25) is 0 Å². The summed E-state index contributed by atoms with van der Waals surface area (Å²) in [6, 6.07) is 3.93. The quantitative estimate of drug-likeness (QED) is 0.243. The number of hydrogen-bond donors (Lipinski definition) is 0. The Hall–Kier alpha value is -1.50. The molecule has 0 bridgehead atoms. The zero-order chi connectivity index (χ0) is 23.6. The van der Waals surface area contributed by atoms with Gasteiger partial charge in [-0.15, -0.1) is 0 Å². The van der Waals surface area contributed by atoms with E-state index in [1.807, 2.05) is 0 Å². The monoisotopic (exact) mass is 473 g/mol. The van der Waals surface area contributed by atoms with Crippen LogP contribution in [-0.4, -0.2) is 36.9 Å². The first-order valence-electron chi connectivity index (χ1n) is 8.60. The predicted molar refractivity (Wildman–Crippen MR) is 86.8 cm³/mol. The molecule has 0 spiro atoms. The molecule has 30 heavy (non-hydrogen) atoms. The summed E-state index contributed by atoms with van der Waals surface area (Å²) in [6.07, 6.45) is -9.47. The molecule has 13 heteroatoms. The maximum Gasteiger partial charge on any atom is 0.460 e. The summed E-state index contributed by atoms with van der Waals surface area (Å²) >= 11 is 0. The second-order valence-corrected chi connectivity index (χ2v) is 8.18. The third-order valence-corrected chi connectivity index (χ3v) is 5.32. The summed E-state index contributed by atoms with van der Waals surface area (Å²) in [5.74, 6) is -19.1. The lowest BCUT2D eigenvalue weighted by Crippen LogP contribution is -2.60. The molecular formula is C17H18F9O3S-. The summed E-state index contributed by atoms with van der Waals surface area (Å²) in [4.78, 5) is -0.464. The summed E-state index contributed by atoms with van der Waals surface area (Å²) in [5, 5.41) is 0. The van der Waals surface area contributed by atoms with E-state index in [-0.39, 0.29) is 31.2 Å². The number of unbranched alkanes of at least 4 members (excludes halogenated alkanes) is 3. The first kappa shape index (κ1) is 26.5. The van der Waals surface area contributed by atoms with Gasteiger partial charge in [0, 0.05) is 6.42 Å². The molecule has 0 aliphatic carbocycles. The Morgan fingerprint density at radius 1 is 0.833 bits per heavy atom. The van der Waals surface area contributed by atoms with Crippen molar-refractivity contribution in [2.75, 3.05) is 0 Å². The number of halogens is 9. The second-order valence-electron chi connectivity index (χ2n) is 6.83. The summed E-state index contributed by atoms with van der Waals surface area (Å²) in [7, 11) is -4.75. The van der Waals surface area contributed by atoms with Gasteiger partial charge in [0.05, 0.1) is 4.90 Å². The van der Waals surface area contributed by atoms with Gasteiger partial charge in [-0.2, -0.15) is 39.5 Å². The van der Waals surface area contributed by atoms with Crippen LogP contribution in [0.5, 0.6) is 0 Å². The Morgan fingerprint density at radius 3 is 1.87 bits per heavy atom. The van der Waals surface area contributed by atoms with Crippen molar-refractivity contribution in [3.63, 3.8) is 0 Å². The van der Waals surface area contributed by atoms with E-state index in [4.69, 9.17) is 0 Å². The van der Waals surface area contributed by atoms with Gasteiger partial charge in [-0.1, -0.05) is 30.5 Å². The van der Waals surface area contributed by atoms with Crippen LogP contribution in [0.25, 0.3) is 0 Å². The highest BCUT2D eigenvalue weighted by molar-refractivity contribution is 7.85. The molecule has 0 aliphatic heterocycles. The number of alkyl halides is 9. The van der Waals surface area contributed by atoms with Gasteiger partial charge in [-0.05, 0) is 37.8 Å². The van der Waals surface area contributed by atoms with Crippen LogP contribution in [0.3, 0.4) is 0 Å². The van der Waals surface area contributed by atoms with E-state index in [1.54, 1.807) is 6.92 Å². The average molecular weight is 473 g/mol. The molecule has 3 nitrogen and oxygen atoms in total. The van der Waals surface area contributed by atoms with Gasteiger partial charge in [-0.3, -0.25) is 0 Å². The molecule has 0 fully saturated rings. The molecule has 0 unspecified atom stereocenters. The third-order valence-electron chi connectivity index (χ3n) is 4.38. The van der Waals surface area contributed by atoms with Crippen LogP contribution >= 0.6 is 0 Å². The Morgan fingerprint density at radius 2 is 1.37 bits per heavy atom. The Labute approximate surface area is 167 Å². The molecule has 0 aliphatic rings. The minimum atomic E-state index is -6.89. The molecule has 0 atom stereocenters. The van der Waals surface area contributed by atoms with Crippen molar-refractivity contribution >= 4 is 10.1 Å². The number of rotatable bonds is 10. The summed E-state index contributed by atoms with van der Waals surface area (Å²) < 4.78 is 148. The molecule has 1 aromatic carbocycles. The lowest BCUT2D eigenvalue weighted by molar-refractivity contribution is -0.396. The first-order valence-corrected chi connectivity index (χ1v) is 10.0. The zero-order valence-corrected chi connectivity index (χ0v) is 16.3. The van der Waals surface area contributed by atoms with Crippen LogP contribution in [0, 0.1) is 6.92 Å². The normalized spacial score (nSPS) is 14.2. The molecule has 0 radical (unpaired) electrons. The van der Waals surface area contributed by atoms with Crippen molar-refractivity contribution < 1.29 is 52.5 Å². The lowest BCUT2D eigenvalue weighted by atomic mass is 9.97. The Balaban J connectivity index is 2.64. The van der Waals surface area contributed by atoms with Crippen LogP contribution in [-0.2, 0) is 16.5 Å². The molecule has 0 saturated carbocycles. The Kier molecular flexibility index (Phi) is 7.90. The predicted octanol–water partition coefficient (Wildman–Crippen LogP) is 5.86. The van der Waals surface area contributed by atoms with E-state index in [2.05, 4.69) is 0 Å². The molecular weight excluding hydrogens is 455 g/mol. The van der Waals surface area contributed by atoms with Crippen molar-refractivity contribution in [2.24, 2.45) is 0 Å². The van der Waals surface area contributed by atoms with Gasteiger partial charge in [0.1, 0.15) is 10.1 Å². The third kappa shape index (κ3) is 5.80. The number of aryl methyl sites for hydroxylation is 2. The van der Waals surface area contributed by atoms with E-state index < -0.39 is 51.8 Å². The fraction of sp³-hybridized carbons (Fsp3) is 0.647. The number of hydrogen-bond acceptors (Lipinski definition) is 3. The van der Waals surface area contributed by atoms with Crippen molar-refractivity contribution in [1.82, 2.24) is 0 Å². The fourth-order valence-electron chi connectivity index (χ4n) is 2.73. The van der Waals surface area contributed by atoms with Crippen LogP contribution in [0.4, 0.5) is 39.5 Å². The van der Waals surface area contributed by atoms with E-state index in [9.17, 15) is 52.5 Å². The van der Waals surface area contributed by atoms with Crippen LogP contribution in [0.1, 0.15) is 43.2 Å². The smallest absolute Gasteiger partial charge is 0.460 e. The average Bonchev–Trinajstić information content (AvgIpc) is 2.55. The Bertz CT molecular complexity index is 833. The SMILES string of the molecule is Cc1ccc(S(=O)(=O)[O-])c(CCCCCCC(F)(F)C(F)(F)C(F)(F)C(F)(F)F)c1. The minimum Gasteiger partial charge on any atom is -0.744 e. The first-order chi connectivity index (χ1) is 13.3. The highest BCUT2D eigenvalue weighted by atomic mass is 32.2. The van der Waals surface area contributed by atoms with Gasteiger partial charge in [0.25, 0.3) is 0 Å². The van der Waals surface area contributed by atoms with Crippen molar-refractivity contribution in [1.29, 1.82) is 0 Å². The second kappa shape index (κ2) is 8.93. The van der Waals surface area contributed by atoms with Crippen molar-refractivity contribution in [3.05, 3.63) is 29.3 Å². The molecule has 0 N–H and O–H groups in total. The molecule has 174 valence electrons. The molecule has 0 heterocycles. The van der Waals surface area contributed by atoms with Crippen LogP contribution in [0.15, 0.2) is 23.1 Å². The van der Waals surface area contributed by atoms with Crippen LogP contribution < -0.4 is 0 Å². The minimum absolute atomic E-state index is 0.0389. The zero-order valence-electron chi connectivity index (χ0n) is 15.5. The standard InChI is InChI=1S/C17H19F9O3S/c1-11-7-8-13(30(27,28)29)12(10-11)6-4-2-3-5-9-14(18,19)15(20,21)16(22,23)17(24,25)26/h7-8,10H,2-6,9H2,1H3,(H,27,28,29)/p-1. The molecule has 0 saturated heterocycles. The van der Waals surface area contributed by atoms with Crippen molar-refractivity contribution in [3.8, 4) is 0 Å². The van der Waals surface area contributed by atoms with E-state index in [0.29, 0.717) is 5.56 Å².